The largest absolute Gasteiger partial charge is 0.497 e. The average Bonchev–Trinajstić information content (AvgIpc) is 2.72. The van der Waals surface area contributed by atoms with Gasteiger partial charge in [0.05, 0.1) is 13.2 Å². The Kier molecular flexibility index (Phi) is 5.56. The Morgan fingerprint density at radius 2 is 1.54 bits per heavy atom. The molecule has 0 N–H and O–H groups in total. The van der Waals surface area contributed by atoms with Crippen molar-refractivity contribution in [1.29, 1.82) is 0 Å². The van der Waals surface area contributed by atoms with Crippen LogP contribution in [0.15, 0.2) is 18.2 Å². The fraction of sp³-hybridized carbons (Fsp3) is 0.714. The number of benzene rings is 1. The summed E-state index contributed by atoms with van der Waals surface area (Å²) < 4.78 is 12.7. The Morgan fingerprint density at radius 1 is 1.00 bits per heavy atom. The lowest BCUT2D eigenvalue weighted by Gasteiger charge is -2.46. The molecular weight excluding hydrogens is 312 g/mol. The van der Waals surface area contributed by atoms with E-state index in [4.69, 9.17) is 9.16 Å². The van der Waals surface area contributed by atoms with Crippen molar-refractivity contribution in [2.75, 3.05) is 7.11 Å². The van der Waals surface area contributed by atoms with Gasteiger partial charge in [-0.2, -0.15) is 0 Å². The molecule has 0 saturated heterocycles. The van der Waals surface area contributed by atoms with Crippen LogP contribution in [-0.2, 0) is 10.8 Å². The molecule has 1 aromatic rings. The topological polar surface area (TPSA) is 18.5 Å². The third-order valence-electron chi connectivity index (χ3n) is 6.02. The third kappa shape index (κ3) is 3.17. The number of ether oxygens (including phenoxy) is 1. The van der Waals surface area contributed by atoms with Crippen LogP contribution in [0.2, 0.25) is 16.6 Å². The van der Waals surface area contributed by atoms with Gasteiger partial charge in [0.15, 0.2) is 0 Å². The van der Waals surface area contributed by atoms with Gasteiger partial charge in [-0.1, -0.05) is 61.5 Å². The quantitative estimate of drug-likeness (QED) is 0.545. The standard InChI is InChI=1S/C21H36O2Si/c1-14(2)24(15(3)4,16(5)6)23-20-19-12-18(22-9)11-10-17(19)13-21(20,7)8/h10-12,14-16,20H,13H2,1-9H3. The highest BCUT2D eigenvalue weighted by Gasteiger charge is 2.51. The van der Waals surface area contributed by atoms with E-state index in [1.807, 2.05) is 0 Å². The highest BCUT2D eigenvalue weighted by Crippen LogP contribution is 2.54. The lowest BCUT2D eigenvalue weighted by Crippen LogP contribution is -2.49. The van der Waals surface area contributed by atoms with Crippen LogP contribution >= 0.6 is 0 Å². The molecule has 0 bridgehead atoms. The number of fused-ring (bicyclic) bond motifs is 1. The first kappa shape index (κ1) is 19.5. The van der Waals surface area contributed by atoms with Gasteiger partial charge in [0.1, 0.15) is 5.75 Å². The molecular formula is C21H36O2Si. The zero-order chi connectivity index (χ0) is 18.3. The smallest absolute Gasteiger partial charge is 0.201 e. The highest BCUT2D eigenvalue weighted by molar-refractivity contribution is 6.77. The molecule has 0 spiro atoms. The summed E-state index contributed by atoms with van der Waals surface area (Å²) in [5.74, 6) is 0.936. The van der Waals surface area contributed by atoms with Crippen molar-refractivity contribution < 1.29 is 9.16 Å². The maximum absolute atomic E-state index is 7.21. The van der Waals surface area contributed by atoms with Crippen molar-refractivity contribution in [2.45, 2.75) is 84.5 Å². The first-order valence-corrected chi connectivity index (χ1v) is 11.5. The summed E-state index contributed by atoms with van der Waals surface area (Å²) in [5.41, 5.74) is 4.70. The van der Waals surface area contributed by atoms with Crippen LogP contribution in [0.25, 0.3) is 0 Å². The summed E-state index contributed by atoms with van der Waals surface area (Å²) in [6.07, 6.45) is 1.25. The molecule has 0 amide bonds. The molecule has 0 aliphatic heterocycles. The van der Waals surface area contributed by atoms with E-state index < -0.39 is 8.32 Å². The van der Waals surface area contributed by atoms with E-state index in [9.17, 15) is 0 Å². The van der Waals surface area contributed by atoms with E-state index >= 15 is 0 Å². The summed E-state index contributed by atoms with van der Waals surface area (Å²) in [6.45, 7) is 18.9. The third-order valence-corrected chi connectivity index (χ3v) is 12.1. The maximum Gasteiger partial charge on any atom is 0.201 e. The van der Waals surface area contributed by atoms with Gasteiger partial charge in [0.25, 0.3) is 0 Å². The van der Waals surface area contributed by atoms with Crippen molar-refractivity contribution in [3.8, 4) is 5.75 Å². The van der Waals surface area contributed by atoms with Crippen molar-refractivity contribution in [2.24, 2.45) is 5.41 Å². The second-order valence-electron chi connectivity index (χ2n) is 9.05. The summed E-state index contributed by atoms with van der Waals surface area (Å²) >= 11 is 0. The first-order valence-electron chi connectivity index (χ1n) is 9.40. The zero-order valence-electron chi connectivity index (χ0n) is 17.1. The maximum atomic E-state index is 7.21. The van der Waals surface area contributed by atoms with Gasteiger partial charge < -0.3 is 9.16 Å². The predicted octanol–water partition coefficient (Wildman–Crippen LogP) is 6.51. The predicted molar refractivity (Wildman–Crippen MR) is 105 cm³/mol. The van der Waals surface area contributed by atoms with E-state index in [-0.39, 0.29) is 11.5 Å². The van der Waals surface area contributed by atoms with Crippen molar-refractivity contribution in [3.63, 3.8) is 0 Å². The molecule has 0 heterocycles. The molecule has 24 heavy (non-hydrogen) atoms. The fourth-order valence-corrected chi connectivity index (χ4v) is 10.6. The van der Waals surface area contributed by atoms with E-state index in [1.165, 1.54) is 11.1 Å². The van der Waals surface area contributed by atoms with Gasteiger partial charge in [-0.3, -0.25) is 0 Å². The van der Waals surface area contributed by atoms with Gasteiger partial charge in [-0.15, -0.1) is 0 Å². The van der Waals surface area contributed by atoms with Crippen LogP contribution in [-0.4, -0.2) is 15.4 Å². The fourth-order valence-electron chi connectivity index (χ4n) is 4.94. The molecule has 1 unspecified atom stereocenters. The second-order valence-corrected chi connectivity index (χ2v) is 14.5. The molecule has 1 aliphatic carbocycles. The number of rotatable bonds is 6. The van der Waals surface area contributed by atoms with Gasteiger partial charge in [-0.25, -0.2) is 0 Å². The number of methoxy groups -OCH3 is 1. The van der Waals surface area contributed by atoms with Crippen molar-refractivity contribution in [3.05, 3.63) is 29.3 Å². The first-order chi connectivity index (χ1) is 11.1. The molecule has 1 atom stereocenters. The van der Waals surface area contributed by atoms with Crippen LogP contribution in [0.3, 0.4) is 0 Å². The second kappa shape index (κ2) is 6.84. The molecule has 3 heteroatoms. The Hall–Kier alpha value is -0.803. The van der Waals surface area contributed by atoms with Gasteiger partial charge >= 0.3 is 0 Å². The Morgan fingerprint density at radius 3 is 2.00 bits per heavy atom. The molecule has 0 radical (unpaired) electrons. The number of hydrogen-bond donors (Lipinski definition) is 0. The Balaban J connectivity index is 2.50. The summed E-state index contributed by atoms with van der Waals surface area (Å²) in [5, 5.41) is 0. The monoisotopic (exact) mass is 348 g/mol. The SMILES string of the molecule is COc1ccc2c(c1)C(O[Si](C(C)C)(C(C)C)C(C)C)C(C)(C)C2. The average molecular weight is 349 g/mol. The molecule has 2 rings (SSSR count). The minimum absolute atomic E-state index is 0.131. The van der Waals surface area contributed by atoms with E-state index in [0.717, 1.165) is 12.2 Å². The van der Waals surface area contributed by atoms with Crippen LogP contribution in [0, 0.1) is 5.41 Å². The summed E-state index contributed by atoms with van der Waals surface area (Å²) in [7, 11) is -0.175. The van der Waals surface area contributed by atoms with Gasteiger partial charge in [0.2, 0.25) is 8.32 Å². The highest BCUT2D eigenvalue weighted by atomic mass is 28.4. The minimum Gasteiger partial charge on any atom is -0.497 e. The molecule has 2 nitrogen and oxygen atoms in total. The van der Waals surface area contributed by atoms with E-state index in [1.54, 1.807) is 7.11 Å². The Labute approximate surface area is 150 Å². The zero-order valence-corrected chi connectivity index (χ0v) is 18.1. The van der Waals surface area contributed by atoms with Gasteiger partial charge in [0, 0.05) is 0 Å². The van der Waals surface area contributed by atoms with Gasteiger partial charge in [-0.05, 0) is 51.7 Å². The lowest BCUT2D eigenvalue weighted by atomic mass is 9.87. The molecule has 1 aliphatic rings. The lowest BCUT2D eigenvalue weighted by molar-refractivity contribution is 0.0718. The van der Waals surface area contributed by atoms with Crippen LogP contribution in [0.1, 0.15) is 72.6 Å². The van der Waals surface area contributed by atoms with Crippen molar-refractivity contribution in [1.82, 2.24) is 0 Å². The van der Waals surface area contributed by atoms with Crippen LogP contribution in [0.4, 0.5) is 0 Å². The molecule has 1 aromatic carbocycles. The molecule has 0 saturated carbocycles. The summed E-state index contributed by atoms with van der Waals surface area (Å²) in [6, 6.07) is 6.51. The van der Waals surface area contributed by atoms with E-state index in [0.29, 0.717) is 16.6 Å². The summed E-state index contributed by atoms with van der Waals surface area (Å²) in [4.78, 5) is 0. The molecule has 0 aromatic heterocycles. The minimum atomic E-state index is -1.92. The normalized spacial score (nSPS) is 20.1. The Bertz CT molecular complexity index is 553. The van der Waals surface area contributed by atoms with Crippen LogP contribution < -0.4 is 4.74 Å². The van der Waals surface area contributed by atoms with E-state index in [2.05, 4.69) is 73.6 Å². The number of hydrogen-bond acceptors (Lipinski definition) is 2. The molecule has 0 fully saturated rings. The van der Waals surface area contributed by atoms with Crippen molar-refractivity contribution >= 4 is 8.32 Å². The van der Waals surface area contributed by atoms with Crippen LogP contribution in [0.5, 0.6) is 5.75 Å². The molecule has 136 valence electrons.